The molecule has 0 saturated carbocycles. The third kappa shape index (κ3) is 1.76. The van der Waals surface area contributed by atoms with Crippen LogP contribution in [0.5, 0.6) is 0 Å². The molecule has 0 radical (unpaired) electrons. The molecular formula is C11H16N2O2. The smallest absolute Gasteiger partial charge is 0.311 e. The van der Waals surface area contributed by atoms with Crippen molar-refractivity contribution in [1.29, 1.82) is 0 Å². The summed E-state index contributed by atoms with van der Waals surface area (Å²) in [5, 5.41) is 0. The average Bonchev–Trinajstić information content (AvgIpc) is 2.65. The van der Waals surface area contributed by atoms with Gasteiger partial charge in [-0.25, -0.2) is 4.79 Å². The number of fused-ring (bicyclic) bond motifs is 1. The standard InChI is InChI=1S/C11H16N2O2/c1-2-3-7-13-10(14)8-5-4-6-9(8)12-11(13)15/h2-7H2,1H3,(H,12,15). The lowest BCUT2D eigenvalue weighted by Crippen LogP contribution is -2.37. The van der Waals surface area contributed by atoms with Crippen molar-refractivity contribution >= 4 is 0 Å². The fourth-order valence-corrected chi connectivity index (χ4v) is 2.09. The van der Waals surface area contributed by atoms with Crippen LogP contribution in [0.4, 0.5) is 0 Å². The highest BCUT2D eigenvalue weighted by atomic mass is 16.2. The highest BCUT2D eigenvalue weighted by molar-refractivity contribution is 5.21. The second kappa shape index (κ2) is 4.04. The van der Waals surface area contributed by atoms with Crippen molar-refractivity contribution < 1.29 is 0 Å². The van der Waals surface area contributed by atoms with E-state index in [1.807, 2.05) is 6.92 Å². The SMILES string of the molecule is CCCCn1c(=O)[nH]c2c(c1=O)CCC2. The van der Waals surface area contributed by atoms with E-state index < -0.39 is 0 Å². The third-order valence-electron chi connectivity index (χ3n) is 2.96. The van der Waals surface area contributed by atoms with Gasteiger partial charge < -0.3 is 4.98 Å². The van der Waals surface area contributed by atoms with E-state index in [4.69, 9.17) is 0 Å². The molecule has 0 unspecified atom stereocenters. The second-order valence-corrected chi connectivity index (χ2v) is 4.05. The molecule has 15 heavy (non-hydrogen) atoms. The summed E-state index contributed by atoms with van der Waals surface area (Å²) >= 11 is 0. The Balaban J connectivity index is 2.47. The van der Waals surface area contributed by atoms with Gasteiger partial charge >= 0.3 is 5.69 Å². The van der Waals surface area contributed by atoms with Crippen LogP contribution in [-0.2, 0) is 19.4 Å². The molecule has 0 atom stereocenters. The topological polar surface area (TPSA) is 54.9 Å². The van der Waals surface area contributed by atoms with E-state index in [0.29, 0.717) is 6.54 Å². The Kier molecular flexibility index (Phi) is 2.75. The monoisotopic (exact) mass is 208 g/mol. The number of hydrogen-bond acceptors (Lipinski definition) is 2. The summed E-state index contributed by atoms with van der Waals surface area (Å²) in [4.78, 5) is 26.4. The van der Waals surface area contributed by atoms with Crippen LogP contribution in [0.3, 0.4) is 0 Å². The summed E-state index contributed by atoms with van der Waals surface area (Å²) in [5.41, 5.74) is 1.37. The summed E-state index contributed by atoms with van der Waals surface area (Å²) in [6.45, 7) is 2.59. The number of H-pyrrole nitrogens is 1. The number of aromatic nitrogens is 2. The van der Waals surface area contributed by atoms with Gasteiger partial charge in [0.2, 0.25) is 0 Å². The normalized spacial score (nSPS) is 14.2. The lowest BCUT2D eigenvalue weighted by Gasteiger charge is -2.05. The number of aryl methyl sites for hydroxylation is 1. The lowest BCUT2D eigenvalue weighted by molar-refractivity contribution is 0.577. The first kappa shape index (κ1) is 10.2. The molecular weight excluding hydrogens is 192 g/mol. The molecule has 1 aliphatic rings. The van der Waals surface area contributed by atoms with Crippen molar-refractivity contribution in [3.05, 3.63) is 32.1 Å². The number of hydrogen-bond donors (Lipinski definition) is 1. The first-order chi connectivity index (χ1) is 7.24. The molecule has 82 valence electrons. The van der Waals surface area contributed by atoms with Crippen LogP contribution >= 0.6 is 0 Å². The molecule has 0 amide bonds. The van der Waals surface area contributed by atoms with Gasteiger partial charge in [0, 0.05) is 17.8 Å². The average molecular weight is 208 g/mol. The van der Waals surface area contributed by atoms with Crippen molar-refractivity contribution in [3.63, 3.8) is 0 Å². The van der Waals surface area contributed by atoms with Crippen molar-refractivity contribution in [3.8, 4) is 0 Å². The van der Waals surface area contributed by atoms with E-state index in [-0.39, 0.29) is 11.2 Å². The molecule has 0 fully saturated rings. The minimum Gasteiger partial charge on any atom is -0.311 e. The Morgan fingerprint density at radius 3 is 2.87 bits per heavy atom. The van der Waals surface area contributed by atoms with Crippen LogP contribution in [-0.4, -0.2) is 9.55 Å². The molecule has 0 aromatic carbocycles. The summed E-state index contributed by atoms with van der Waals surface area (Å²) in [7, 11) is 0. The molecule has 4 heteroatoms. The second-order valence-electron chi connectivity index (χ2n) is 4.05. The van der Waals surface area contributed by atoms with Crippen LogP contribution in [0.15, 0.2) is 9.59 Å². The van der Waals surface area contributed by atoms with E-state index in [9.17, 15) is 9.59 Å². The predicted octanol–water partition coefficient (Wildman–Crippen LogP) is 0.825. The van der Waals surface area contributed by atoms with Gasteiger partial charge in [-0.3, -0.25) is 9.36 Å². The molecule has 2 rings (SSSR count). The van der Waals surface area contributed by atoms with Gasteiger partial charge in [0.15, 0.2) is 0 Å². The van der Waals surface area contributed by atoms with Crippen LogP contribution in [0, 0.1) is 0 Å². The summed E-state index contributed by atoms with van der Waals surface area (Å²) < 4.78 is 1.34. The molecule has 4 nitrogen and oxygen atoms in total. The molecule has 0 saturated heterocycles. The van der Waals surface area contributed by atoms with E-state index >= 15 is 0 Å². The summed E-state index contributed by atoms with van der Waals surface area (Å²) in [5.74, 6) is 0. The predicted molar refractivity (Wildman–Crippen MR) is 58.3 cm³/mol. The molecule has 1 aromatic rings. The van der Waals surface area contributed by atoms with Gasteiger partial charge in [-0.1, -0.05) is 13.3 Å². The van der Waals surface area contributed by atoms with Crippen molar-refractivity contribution in [2.24, 2.45) is 0 Å². The largest absolute Gasteiger partial charge is 0.328 e. The number of nitrogens with zero attached hydrogens (tertiary/aromatic N) is 1. The fraction of sp³-hybridized carbons (Fsp3) is 0.636. The Morgan fingerprint density at radius 1 is 1.33 bits per heavy atom. The van der Waals surface area contributed by atoms with E-state index in [1.54, 1.807) is 0 Å². The minimum atomic E-state index is -0.242. The van der Waals surface area contributed by atoms with Gasteiger partial charge in [-0.2, -0.15) is 0 Å². The summed E-state index contributed by atoms with van der Waals surface area (Å²) in [6, 6.07) is 0. The first-order valence-electron chi connectivity index (χ1n) is 5.59. The van der Waals surface area contributed by atoms with E-state index in [1.165, 1.54) is 4.57 Å². The molecule has 1 aliphatic carbocycles. The Bertz CT molecular complexity index is 470. The maximum absolute atomic E-state index is 11.9. The highest BCUT2D eigenvalue weighted by Crippen LogP contribution is 2.13. The molecule has 0 bridgehead atoms. The van der Waals surface area contributed by atoms with Gasteiger partial charge in [0.1, 0.15) is 0 Å². The fourth-order valence-electron chi connectivity index (χ4n) is 2.09. The third-order valence-corrected chi connectivity index (χ3v) is 2.96. The quantitative estimate of drug-likeness (QED) is 0.799. The Labute approximate surface area is 88.0 Å². The number of unbranched alkanes of at least 4 members (excludes halogenated alkanes) is 1. The van der Waals surface area contributed by atoms with Crippen LogP contribution in [0.25, 0.3) is 0 Å². The zero-order valence-electron chi connectivity index (χ0n) is 9.01. The number of nitrogens with one attached hydrogen (secondary N) is 1. The minimum absolute atomic E-state index is 0.0697. The molecule has 1 heterocycles. The molecule has 1 aromatic heterocycles. The van der Waals surface area contributed by atoms with Gasteiger partial charge in [0.05, 0.1) is 0 Å². The van der Waals surface area contributed by atoms with E-state index in [2.05, 4.69) is 4.98 Å². The van der Waals surface area contributed by atoms with Crippen molar-refractivity contribution in [2.45, 2.75) is 45.6 Å². The highest BCUT2D eigenvalue weighted by Gasteiger charge is 2.17. The zero-order valence-corrected chi connectivity index (χ0v) is 9.01. The molecule has 0 spiro atoms. The maximum Gasteiger partial charge on any atom is 0.328 e. The van der Waals surface area contributed by atoms with Gasteiger partial charge in [-0.05, 0) is 25.7 Å². The molecule has 0 aliphatic heterocycles. The van der Waals surface area contributed by atoms with Crippen LogP contribution in [0.1, 0.15) is 37.4 Å². The van der Waals surface area contributed by atoms with Crippen molar-refractivity contribution in [2.75, 3.05) is 0 Å². The maximum atomic E-state index is 11.9. The molecule has 1 N–H and O–H groups in total. The van der Waals surface area contributed by atoms with E-state index in [0.717, 1.165) is 43.4 Å². The zero-order chi connectivity index (χ0) is 10.8. The first-order valence-corrected chi connectivity index (χ1v) is 5.59. The van der Waals surface area contributed by atoms with Gasteiger partial charge in [0.25, 0.3) is 5.56 Å². The summed E-state index contributed by atoms with van der Waals surface area (Å²) in [6.07, 6.45) is 4.51. The lowest BCUT2D eigenvalue weighted by atomic mass is 10.2. The Morgan fingerprint density at radius 2 is 2.13 bits per heavy atom. The van der Waals surface area contributed by atoms with Crippen LogP contribution in [0.2, 0.25) is 0 Å². The van der Waals surface area contributed by atoms with Gasteiger partial charge in [-0.15, -0.1) is 0 Å². The van der Waals surface area contributed by atoms with Crippen LogP contribution < -0.4 is 11.2 Å². The van der Waals surface area contributed by atoms with Crippen molar-refractivity contribution in [1.82, 2.24) is 9.55 Å². The number of aromatic amines is 1. The number of rotatable bonds is 3. The Hall–Kier alpha value is -1.32.